The number of pyridine rings is 1. The van der Waals surface area contributed by atoms with Crippen LogP contribution in [0.3, 0.4) is 0 Å². The number of amides is 1. The smallest absolute Gasteiger partial charge is 0.221 e. The molecule has 1 aliphatic rings. The second-order valence-electron chi connectivity index (χ2n) is 4.51. The number of thioether (sulfide) groups is 1. The highest BCUT2D eigenvalue weighted by atomic mass is 32.2. The zero-order chi connectivity index (χ0) is 12.8. The number of carbonyl (C=O) groups is 1. The number of hydrogen-bond acceptors (Lipinski definition) is 4. The van der Waals surface area contributed by atoms with E-state index in [1.165, 1.54) is 0 Å². The molecule has 1 aromatic rings. The molecule has 1 aromatic heterocycles. The third kappa shape index (κ3) is 3.99. The van der Waals surface area contributed by atoms with Gasteiger partial charge in [0, 0.05) is 49.5 Å². The van der Waals surface area contributed by atoms with E-state index >= 15 is 0 Å². The average molecular weight is 265 g/mol. The van der Waals surface area contributed by atoms with Gasteiger partial charge >= 0.3 is 0 Å². The molecule has 1 unspecified atom stereocenters. The Kier molecular flexibility index (Phi) is 5.01. The number of carbonyl (C=O) groups excluding carboxylic acids is 1. The third-order valence-corrected chi connectivity index (χ3v) is 4.18. The molecule has 18 heavy (non-hydrogen) atoms. The zero-order valence-corrected chi connectivity index (χ0v) is 11.4. The second-order valence-corrected chi connectivity index (χ2v) is 5.66. The van der Waals surface area contributed by atoms with Gasteiger partial charge in [0.25, 0.3) is 0 Å². The highest BCUT2D eigenvalue weighted by molar-refractivity contribution is 7.99. The molecule has 5 heteroatoms. The minimum absolute atomic E-state index is 0.109. The highest BCUT2D eigenvalue weighted by Gasteiger charge is 2.16. The van der Waals surface area contributed by atoms with E-state index in [1.54, 1.807) is 6.20 Å². The quantitative estimate of drug-likeness (QED) is 0.856. The summed E-state index contributed by atoms with van der Waals surface area (Å²) in [6.07, 6.45) is 4.14. The summed E-state index contributed by atoms with van der Waals surface area (Å²) in [6, 6.07) is 2.28. The molecule has 1 saturated heterocycles. The molecule has 1 amide bonds. The predicted molar refractivity (Wildman–Crippen MR) is 74.6 cm³/mol. The first kappa shape index (κ1) is 13.4. The molecule has 2 rings (SSSR count). The Morgan fingerprint density at radius 3 is 3.28 bits per heavy atom. The van der Waals surface area contributed by atoms with Gasteiger partial charge < -0.3 is 10.6 Å². The molecule has 2 heterocycles. The second kappa shape index (κ2) is 6.75. The fourth-order valence-corrected chi connectivity index (χ4v) is 2.87. The topological polar surface area (TPSA) is 54.0 Å². The number of aromatic nitrogens is 1. The lowest BCUT2D eigenvalue weighted by Gasteiger charge is -2.22. The normalized spacial score (nSPS) is 19.5. The van der Waals surface area contributed by atoms with E-state index in [-0.39, 0.29) is 5.91 Å². The molecule has 1 aliphatic heterocycles. The molecule has 1 atom stereocenters. The fourth-order valence-electron chi connectivity index (χ4n) is 1.92. The van der Waals surface area contributed by atoms with Crippen LogP contribution >= 0.6 is 11.8 Å². The Balaban J connectivity index is 1.76. The van der Waals surface area contributed by atoms with E-state index in [0.29, 0.717) is 19.0 Å². The molecule has 2 N–H and O–H groups in total. The van der Waals surface area contributed by atoms with Crippen molar-refractivity contribution < 1.29 is 4.79 Å². The van der Waals surface area contributed by atoms with Gasteiger partial charge in [0.1, 0.15) is 0 Å². The monoisotopic (exact) mass is 265 g/mol. The van der Waals surface area contributed by atoms with E-state index in [4.69, 9.17) is 0 Å². The van der Waals surface area contributed by atoms with Crippen LogP contribution in [-0.4, -0.2) is 35.0 Å². The molecular weight excluding hydrogens is 246 g/mol. The van der Waals surface area contributed by atoms with Gasteiger partial charge in [0.15, 0.2) is 0 Å². The van der Waals surface area contributed by atoms with Crippen molar-refractivity contribution in [3.63, 3.8) is 0 Å². The summed E-state index contributed by atoms with van der Waals surface area (Å²) in [4.78, 5) is 15.9. The summed E-state index contributed by atoms with van der Waals surface area (Å²) >= 11 is 1.91. The van der Waals surface area contributed by atoms with Crippen LogP contribution in [0.1, 0.15) is 17.5 Å². The molecular formula is C13H19N3OS. The molecule has 0 spiro atoms. The van der Waals surface area contributed by atoms with E-state index in [9.17, 15) is 4.79 Å². The summed E-state index contributed by atoms with van der Waals surface area (Å²) in [6.45, 7) is 3.60. The van der Waals surface area contributed by atoms with Gasteiger partial charge in [0.05, 0.1) is 0 Å². The van der Waals surface area contributed by atoms with Crippen molar-refractivity contribution in [3.8, 4) is 0 Å². The number of nitrogens with zero attached hydrogens (tertiary/aromatic N) is 1. The number of nitrogens with one attached hydrogen (secondary N) is 2. The maximum absolute atomic E-state index is 11.8. The van der Waals surface area contributed by atoms with Crippen LogP contribution in [-0.2, 0) is 11.3 Å². The summed E-state index contributed by atoms with van der Waals surface area (Å²) in [5.74, 6) is 2.28. The largest absolute Gasteiger partial charge is 0.352 e. The average Bonchev–Trinajstić information content (AvgIpc) is 2.39. The molecule has 0 saturated carbocycles. The van der Waals surface area contributed by atoms with E-state index in [0.717, 1.165) is 29.2 Å². The minimum Gasteiger partial charge on any atom is -0.352 e. The van der Waals surface area contributed by atoms with Crippen LogP contribution < -0.4 is 10.6 Å². The lowest BCUT2D eigenvalue weighted by atomic mass is 10.1. The first-order chi connectivity index (χ1) is 8.75. The highest BCUT2D eigenvalue weighted by Crippen LogP contribution is 2.10. The zero-order valence-electron chi connectivity index (χ0n) is 10.6. The molecule has 0 aliphatic carbocycles. The van der Waals surface area contributed by atoms with Crippen molar-refractivity contribution in [2.75, 3.05) is 18.1 Å². The van der Waals surface area contributed by atoms with Crippen molar-refractivity contribution in [2.24, 2.45) is 0 Å². The Morgan fingerprint density at radius 1 is 1.67 bits per heavy atom. The molecule has 4 nitrogen and oxygen atoms in total. The maximum atomic E-state index is 11.8. The molecule has 0 radical (unpaired) electrons. The Hall–Kier alpha value is -1.07. The first-order valence-corrected chi connectivity index (χ1v) is 7.38. The summed E-state index contributed by atoms with van der Waals surface area (Å²) in [7, 11) is 0. The van der Waals surface area contributed by atoms with Crippen molar-refractivity contribution in [1.82, 2.24) is 15.6 Å². The Labute approximate surface area is 112 Å². The van der Waals surface area contributed by atoms with E-state index < -0.39 is 0 Å². The standard InChI is InChI=1S/C13H19N3OS/c1-10-2-3-14-7-11(10)8-16-13(17)6-12-9-18-5-4-15-12/h2-3,7,12,15H,4-6,8-9H2,1H3,(H,16,17). The maximum Gasteiger partial charge on any atom is 0.221 e. The predicted octanol–water partition coefficient (Wildman–Crippen LogP) is 1.10. The van der Waals surface area contributed by atoms with Gasteiger partial charge in [-0.3, -0.25) is 9.78 Å². The number of hydrogen-bond donors (Lipinski definition) is 2. The number of aryl methyl sites for hydroxylation is 1. The van der Waals surface area contributed by atoms with Crippen LogP contribution in [0, 0.1) is 6.92 Å². The SMILES string of the molecule is Cc1ccncc1CNC(=O)CC1CSCCN1. The van der Waals surface area contributed by atoms with Gasteiger partial charge in [-0.05, 0) is 24.1 Å². The first-order valence-electron chi connectivity index (χ1n) is 6.23. The van der Waals surface area contributed by atoms with Crippen LogP contribution in [0.4, 0.5) is 0 Å². The number of rotatable bonds is 4. The lowest BCUT2D eigenvalue weighted by molar-refractivity contribution is -0.121. The van der Waals surface area contributed by atoms with E-state index in [2.05, 4.69) is 15.6 Å². The summed E-state index contributed by atoms with van der Waals surface area (Å²) in [5.41, 5.74) is 2.24. The minimum atomic E-state index is 0.109. The van der Waals surface area contributed by atoms with Crippen LogP contribution in [0.5, 0.6) is 0 Å². The molecule has 0 aromatic carbocycles. The van der Waals surface area contributed by atoms with Gasteiger partial charge in [-0.25, -0.2) is 0 Å². The van der Waals surface area contributed by atoms with Crippen molar-refractivity contribution in [2.45, 2.75) is 25.9 Å². The summed E-state index contributed by atoms with van der Waals surface area (Å²) < 4.78 is 0. The third-order valence-electron chi connectivity index (χ3n) is 3.05. The van der Waals surface area contributed by atoms with E-state index in [1.807, 2.05) is 30.9 Å². The van der Waals surface area contributed by atoms with Gasteiger partial charge in [0.2, 0.25) is 5.91 Å². The molecule has 1 fully saturated rings. The van der Waals surface area contributed by atoms with Crippen LogP contribution in [0.2, 0.25) is 0 Å². The molecule has 98 valence electrons. The van der Waals surface area contributed by atoms with Crippen molar-refractivity contribution in [3.05, 3.63) is 29.6 Å². The summed E-state index contributed by atoms with van der Waals surface area (Å²) in [5, 5.41) is 6.32. The van der Waals surface area contributed by atoms with Gasteiger partial charge in [-0.2, -0.15) is 11.8 Å². The lowest BCUT2D eigenvalue weighted by Crippen LogP contribution is -2.41. The van der Waals surface area contributed by atoms with Crippen molar-refractivity contribution in [1.29, 1.82) is 0 Å². The van der Waals surface area contributed by atoms with Crippen molar-refractivity contribution >= 4 is 17.7 Å². The Bertz CT molecular complexity index is 405. The fraction of sp³-hybridized carbons (Fsp3) is 0.538. The Morgan fingerprint density at radius 2 is 2.56 bits per heavy atom. The van der Waals surface area contributed by atoms with Gasteiger partial charge in [-0.1, -0.05) is 0 Å². The van der Waals surface area contributed by atoms with Gasteiger partial charge in [-0.15, -0.1) is 0 Å². The molecule has 0 bridgehead atoms. The van der Waals surface area contributed by atoms with Crippen LogP contribution in [0.25, 0.3) is 0 Å². The van der Waals surface area contributed by atoms with Crippen LogP contribution in [0.15, 0.2) is 18.5 Å².